The molecule has 0 atom stereocenters. The molecule has 0 radical (unpaired) electrons. The number of nitrogens with zero attached hydrogens (tertiary/aromatic N) is 2. The van der Waals surface area contributed by atoms with E-state index in [2.05, 4.69) is 4.98 Å². The molecule has 0 bridgehead atoms. The summed E-state index contributed by atoms with van der Waals surface area (Å²) in [5.41, 5.74) is 2.14. The standard InChI is InChI=1S/C22H11Cl2FN2O3/c1-27-18-7-12(30-22(18)26-21(27)10-2-4-11(25)5-3-10)6-15-19(28)13-8-16(23)17(24)9-14(13)20(15)29/h2-9H,1H3. The first-order valence-electron chi connectivity index (χ1n) is 8.86. The van der Waals surface area contributed by atoms with E-state index in [1.54, 1.807) is 29.8 Å². The van der Waals surface area contributed by atoms with Gasteiger partial charge in [0, 0.05) is 29.8 Å². The third-order valence-electron chi connectivity index (χ3n) is 5.03. The van der Waals surface area contributed by atoms with Gasteiger partial charge in [0.1, 0.15) is 22.9 Å². The molecule has 148 valence electrons. The minimum Gasteiger partial charge on any atom is -0.437 e. The highest BCUT2D eigenvalue weighted by Crippen LogP contribution is 2.35. The largest absolute Gasteiger partial charge is 0.437 e. The van der Waals surface area contributed by atoms with E-state index in [0.717, 1.165) is 5.56 Å². The van der Waals surface area contributed by atoms with Crippen molar-refractivity contribution in [2.24, 2.45) is 7.05 Å². The van der Waals surface area contributed by atoms with E-state index in [9.17, 15) is 14.0 Å². The molecule has 5 nitrogen and oxygen atoms in total. The highest BCUT2D eigenvalue weighted by atomic mass is 35.5. The van der Waals surface area contributed by atoms with Gasteiger partial charge in [0.2, 0.25) is 5.71 Å². The van der Waals surface area contributed by atoms with Crippen molar-refractivity contribution in [3.05, 3.63) is 80.8 Å². The number of Topliss-reactive ketones (excluding diaryl/α,β-unsaturated/α-hetero) is 2. The second kappa shape index (κ2) is 6.65. The average molecular weight is 441 g/mol. The Morgan fingerprint density at radius 3 is 2.17 bits per heavy atom. The minimum absolute atomic E-state index is 0.0267. The van der Waals surface area contributed by atoms with E-state index in [1.165, 1.54) is 30.3 Å². The van der Waals surface area contributed by atoms with Crippen molar-refractivity contribution in [2.75, 3.05) is 0 Å². The third kappa shape index (κ3) is 2.80. The maximum atomic E-state index is 13.2. The molecule has 2 heterocycles. The molecule has 0 amide bonds. The third-order valence-corrected chi connectivity index (χ3v) is 5.75. The van der Waals surface area contributed by atoms with Crippen molar-refractivity contribution in [3.8, 4) is 11.4 Å². The Kier molecular flexibility index (Phi) is 4.17. The van der Waals surface area contributed by atoms with Crippen molar-refractivity contribution in [1.82, 2.24) is 9.55 Å². The van der Waals surface area contributed by atoms with E-state index in [-0.39, 0.29) is 32.6 Å². The molecule has 1 aliphatic carbocycles. The second-order valence-electron chi connectivity index (χ2n) is 6.87. The number of carbonyl (C=O) groups excluding carboxylic acids is 2. The number of aryl methyl sites for hydroxylation is 1. The molecule has 2 aromatic heterocycles. The van der Waals surface area contributed by atoms with Crippen molar-refractivity contribution < 1.29 is 18.4 Å². The molecule has 0 saturated carbocycles. The zero-order valence-electron chi connectivity index (χ0n) is 15.4. The highest BCUT2D eigenvalue weighted by molar-refractivity contribution is 6.46. The predicted molar refractivity (Wildman–Crippen MR) is 111 cm³/mol. The SMILES string of the molecule is Cn1c(-c2ccc(F)cc2)nc2oc(C=C3C(=O)c4cc(Cl)c(Cl)cc4C3=O)cc21. The van der Waals surface area contributed by atoms with Crippen LogP contribution in [-0.4, -0.2) is 21.1 Å². The van der Waals surface area contributed by atoms with Crippen LogP contribution in [0.4, 0.5) is 4.39 Å². The van der Waals surface area contributed by atoms with E-state index < -0.39 is 11.6 Å². The summed E-state index contributed by atoms with van der Waals surface area (Å²) in [4.78, 5) is 29.8. The van der Waals surface area contributed by atoms with Crippen LogP contribution < -0.4 is 0 Å². The van der Waals surface area contributed by atoms with E-state index in [4.69, 9.17) is 27.6 Å². The first kappa shape index (κ1) is 18.8. The monoisotopic (exact) mass is 440 g/mol. The van der Waals surface area contributed by atoms with E-state index in [0.29, 0.717) is 22.8 Å². The maximum absolute atomic E-state index is 13.2. The molecule has 8 heteroatoms. The van der Waals surface area contributed by atoms with Gasteiger partial charge in [-0.25, -0.2) is 4.39 Å². The lowest BCUT2D eigenvalue weighted by Gasteiger charge is -2.01. The highest BCUT2D eigenvalue weighted by Gasteiger charge is 2.34. The van der Waals surface area contributed by atoms with Gasteiger partial charge < -0.3 is 8.98 Å². The lowest BCUT2D eigenvalue weighted by Crippen LogP contribution is -1.99. The maximum Gasteiger partial charge on any atom is 0.245 e. The number of ketones is 2. The first-order valence-corrected chi connectivity index (χ1v) is 9.61. The number of halogens is 3. The number of hydrogen-bond donors (Lipinski definition) is 0. The number of fused-ring (bicyclic) bond motifs is 2. The predicted octanol–water partition coefficient (Wildman–Crippen LogP) is 5.74. The van der Waals surface area contributed by atoms with Crippen molar-refractivity contribution >= 4 is 52.1 Å². The van der Waals surface area contributed by atoms with Gasteiger partial charge in [-0.15, -0.1) is 0 Å². The number of aromatic nitrogens is 2. The molecular weight excluding hydrogens is 430 g/mol. The normalized spacial score (nSPS) is 13.4. The van der Waals surface area contributed by atoms with E-state index >= 15 is 0 Å². The van der Waals surface area contributed by atoms with Crippen molar-refractivity contribution in [3.63, 3.8) is 0 Å². The summed E-state index contributed by atoms with van der Waals surface area (Å²) in [5.74, 6) is -0.286. The molecule has 30 heavy (non-hydrogen) atoms. The minimum atomic E-state index is -0.436. The average Bonchev–Trinajstić information content (AvgIpc) is 3.32. The Hall–Kier alpha value is -3.22. The van der Waals surface area contributed by atoms with Gasteiger partial charge in [-0.2, -0.15) is 4.98 Å². The molecule has 5 rings (SSSR count). The summed E-state index contributed by atoms with van der Waals surface area (Å²) >= 11 is 12.0. The number of allylic oxidation sites excluding steroid dienone is 1. The number of imidazole rings is 1. The van der Waals surface area contributed by atoms with Crippen LogP contribution in [0.5, 0.6) is 0 Å². The van der Waals surface area contributed by atoms with Gasteiger partial charge >= 0.3 is 0 Å². The molecule has 0 aliphatic heterocycles. The Balaban J connectivity index is 1.55. The van der Waals surface area contributed by atoms with Crippen LogP contribution in [0.1, 0.15) is 26.5 Å². The molecular formula is C22H11Cl2FN2O3. The number of benzene rings is 2. The molecule has 0 saturated heterocycles. The molecule has 0 N–H and O–H groups in total. The number of rotatable bonds is 2. The van der Waals surface area contributed by atoms with Crippen molar-refractivity contribution in [2.45, 2.75) is 0 Å². The fourth-order valence-corrected chi connectivity index (χ4v) is 3.84. The molecule has 0 fully saturated rings. The quantitative estimate of drug-likeness (QED) is 0.294. The van der Waals surface area contributed by atoms with Gasteiger partial charge in [-0.3, -0.25) is 9.59 Å². The van der Waals surface area contributed by atoms with Gasteiger partial charge in [-0.1, -0.05) is 23.2 Å². The van der Waals surface area contributed by atoms with Crippen LogP contribution in [0.15, 0.2) is 52.5 Å². The van der Waals surface area contributed by atoms with Crippen LogP contribution in [0.2, 0.25) is 10.0 Å². The number of hydrogen-bond acceptors (Lipinski definition) is 4. The summed E-state index contributed by atoms with van der Waals surface area (Å²) in [6, 6.07) is 10.5. The summed E-state index contributed by atoms with van der Waals surface area (Å²) in [6.07, 6.45) is 1.39. The number of furan rings is 1. The Labute approximate surface area is 179 Å². The van der Waals surface area contributed by atoms with Gasteiger partial charge in [0.05, 0.1) is 15.6 Å². The summed E-state index contributed by atoms with van der Waals surface area (Å²) < 4.78 is 20.7. The Bertz CT molecular complexity index is 1370. The summed E-state index contributed by atoms with van der Waals surface area (Å²) in [7, 11) is 1.80. The Morgan fingerprint density at radius 1 is 1.00 bits per heavy atom. The Morgan fingerprint density at radius 2 is 1.60 bits per heavy atom. The molecule has 0 unspecified atom stereocenters. The zero-order chi connectivity index (χ0) is 21.2. The summed E-state index contributed by atoms with van der Waals surface area (Å²) in [5, 5.41) is 0.415. The zero-order valence-corrected chi connectivity index (χ0v) is 16.9. The van der Waals surface area contributed by atoms with E-state index in [1.807, 2.05) is 0 Å². The van der Waals surface area contributed by atoms with Gasteiger partial charge in [-0.05, 0) is 42.5 Å². The lowest BCUT2D eigenvalue weighted by atomic mass is 10.1. The fraction of sp³-hybridized carbons (Fsp3) is 0.0455. The van der Waals surface area contributed by atoms with Crippen LogP contribution >= 0.6 is 23.2 Å². The smallest absolute Gasteiger partial charge is 0.245 e. The summed E-state index contributed by atoms with van der Waals surface area (Å²) in [6.45, 7) is 0. The number of carbonyl (C=O) groups is 2. The van der Waals surface area contributed by atoms with Crippen LogP contribution in [0.3, 0.4) is 0 Å². The molecule has 1 aliphatic rings. The first-order chi connectivity index (χ1) is 14.3. The molecule has 0 spiro atoms. The topological polar surface area (TPSA) is 65.1 Å². The molecule has 4 aromatic rings. The molecule has 2 aromatic carbocycles. The van der Waals surface area contributed by atoms with Crippen LogP contribution in [0.25, 0.3) is 28.7 Å². The second-order valence-corrected chi connectivity index (χ2v) is 7.68. The fourth-order valence-electron chi connectivity index (χ4n) is 3.51. The van der Waals surface area contributed by atoms with Gasteiger partial charge in [0.25, 0.3) is 0 Å². The van der Waals surface area contributed by atoms with Crippen LogP contribution in [0, 0.1) is 5.82 Å². The van der Waals surface area contributed by atoms with Gasteiger partial charge in [0.15, 0.2) is 11.6 Å². The lowest BCUT2D eigenvalue weighted by molar-refractivity contribution is 0.0990. The van der Waals surface area contributed by atoms with Crippen LogP contribution in [-0.2, 0) is 7.05 Å². The van der Waals surface area contributed by atoms with Crippen molar-refractivity contribution in [1.29, 1.82) is 0 Å².